The van der Waals surface area contributed by atoms with Crippen LogP contribution in [0.25, 0.3) is 11.3 Å². The van der Waals surface area contributed by atoms with E-state index in [0.29, 0.717) is 36.2 Å². The highest BCUT2D eigenvalue weighted by Crippen LogP contribution is 2.44. The maximum absolute atomic E-state index is 14.8. The number of nitrogens with zero attached hydrogens (tertiary/aromatic N) is 2. The molecule has 2 aromatic heterocycles. The highest BCUT2D eigenvalue weighted by molar-refractivity contribution is 8.14. The number of carbonyl (C=O) groups excluding carboxylic acids is 1. The second-order valence-electron chi connectivity index (χ2n) is 10.6. The molecule has 1 fully saturated rings. The number of hydrogen-bond donors (Lipinski definition) is 2. The summed E-state index contributed by atoms with van der Waals surface area (Å²) in [6.07, 6.45) is 7.24. The van der Waals surface area contributed by atoms with Crippen LogP contribution in [0.15, 0.2) is 47.6 Å². The third kappa shape index (κ3) is 6.43. The predicted molar refractivity (Wildman–Crippen MR) is 159 cm³/mol. The molecule has 1 saturated heterocycles. The highest BCUT2D eigenvalue weighted by Gasteiger charge is 2.41. The number of anilines is 1. The van der Waals surface area contributed by atoms with E-state index in [0.717, 1.165) is 24.8 Å². The molecule has 5 atom stereocenters. The molecule has 5 unspecified atom stereocenters. The first-order valence-corrected chi connectivity index (χ1v) is 16.8. The minimum atomic E-state index is -3.93. The van der Waals surface area contributed by atoms with Crippen molar-refractivity contribution in [2.45, 2.75) is 61.0 Å². The maximum Gasteiger partial charge on any atom is 0.274 e. The summed E-state index contributed by atoms with van der Waals surface area (Å²) < 4.78 is 74.2. The molecule has 1 aliphatic heterocycles. The molecule has 0 saturated carbocycles. The lowest BCUT2D eigenvalue weighted by atomic mass is 9.88. The number of pyridine rings is 2. The molecule has 13 heteroatoms. The molecule has 8 nitrogen and oxygen atoms in total. The Hall–Kier alpha value is -3.13. The van der Waals surface area contributed by atoms with Gasteiger partial charge in [0.1, 0.15) is 28.8 Å². The van der Waals surface area contributed by atoms with E-state index in [1.54, 1.807) is 12.3 Å². The van der Waals surface area contributed by atoms with Gasteiger partial charge in [0, 0.05) is 28.8 Å². The zero-order chi connectivity index (χ0) is 31.0. The van der Waals surface area contributed by atoms with E-state index in [1.807, 2.05) is 0 Å². The van der Waals surface area contributed by atoms with Crippen LogP contribution in [-0.4, -0.2) is 59.6 Å². The van der Waals surface area contributed by atoms with Crippen LogP contribution in [-0.2, 0) is 14.6 Å². The van der Waals surface area contributed by atoms with E-state index in [4.69, 9.17) is 10.5 Å². The van der Waals surface area contributed by atoms with Gasteiger partial charge in [-0.2, -0.15) is 10.5 Å². The van der Waals surface area contributed by atoms with Gasteiger partial charge in [-0.1, -0.05) is 12.8 Å². The van der Waals surface area contributed by atoms with E-state index < -0.39 is 55.5 Å². The zero-order valence-corrected chi connectivity index (χ0v) is 25.3. The molecule has 0 radical (unpaired) electrons. The van der Waals surface area contributed by atoms with Gasteiger partial charge in [0.25, 0.3) is 5.91 Å². The Labute approximate surface area is 245 Å². The molecule has 3 aromatic rings. The van der Waals surface area contributed by atoms with Gasteiger partial charge in [0.05, 0.1) is 34.6 Å². The molecule has 0 bridgehead atoms. The number of sulfone groups is 1. The van der Waals surface area contributed by atoms with E-state index in [1.165, 1.54) is 6.20 Å². The third-order valence-corrected chi connectivity index (χ3v) is 11.0. The highest BCUT2D eigenvalue weighted by atomic mass is 32.2. The summed E-state index contributed by atoms with van der Waals surface area (Å²) in [5, 5.41) is 2.70. The Kier molecular flexibility index (Phi) is 9.26. The normalized spacial score (nSPS) is 21.4. The van der Waals surface area contributed by atoms with Gasteiger partial charge >= 0.3 is 0 Å². The summed E-state index contributed by atoms with van der Waals surface area (Å²) in [6.45, 7) is 4.23. The molecule has 1 aliphatic rings. The summed E-state index contributed by atoms with van der Waals surface area (Å²) in [4.78, 5) is 20.6. The minimum absolute atomic E-state index is 0.153. The van der Waals surface area contributed by atoms with Crippen LogP contribution in [0, 0.1) is 17.5 Å². The van der Waals surface area contributed by atoms with Crippen LogP contribution >= 0.6 is 10.5 Å². The van der Waals surface area contributed by atoms with Crippen molar-refractivity contribution in [3.63, 3.8) is 0 Å². The van der Waals surface area contributed by atoms with Crippen molar-refractivity contribution in [2.24, 2.45) is 5.73 Å². The number of carbonyl (C=O) groups is 1. The lowest BCUT2D eigenvalue weighted by Gasteiger charge is -2.45. The first kappa shape index (κ1) is 31.8. The van der Waals surface area contributed by atoms with Gasteiger partial charge < -0.3 is 15.8 Å². The number of amides is 1. The molecule has 1 amide bonds. The predicted octanol–water partition coefficient (Wildman–Crippen LogP) is 5.26. The molecular formula is C29H33F3N4O4S2. The van der Waals surface area contributed by atoms with Gasteiger partial charge in [-0.25, -0.2) is 26.6 Å². The van der Waals surface area contributed by atoms with Crippen molar-refractivity contribution in [2.75, 3.05) is 17.8 Å². The number of nitrogens with two attached hydrogens (primary N) is 1. The van der Waals surface area contributed by atoms with Gasteiger partial charge in [-0.05, 0) is 62.8 Å². The van der Waals surface area contributed by atoms with Crippen LogP contribution < -0.4 is 11.1 Å². The number of rotatable bonds is 8. The molecule has 1 aromatic carbocycles. The molecule has 42 heavy (non-hydrogen) atoms. The summed E-state index contributed by atoms with van der Waals surface area (Å²) in [6, 6.07) is 4.63. The molecule has 4 rings (SSSR count). The number of hydrogen-bond acceptors (Lipinski definition) is 7. The largest absolute Gasteiger partial charge is 0.369 e. The van der Waals surface area contributed by atoms with Crippen LogP contribution in [0.3, 0.4) is 0 Å². The Bertz CT molecular complexity index is 1630. The Balaban J connectivity index is 1.65. The van der Waals surface area contributed by atoms with Gasteiger partial charge in [-0.15, -0.1) is 0 Å². The second kappa shape index (κ2) is 12.2. The van der Waals surface area contributed by atoms with Gasteiger partial charge in [0.2, 0.25) is 0 Å². The summed E-state index contributed by atoms with van der Waals surface area (Å²) in [7, 11) is -4.14. The van der Waals surface area contributed by atoms with Gasteiger partial charge in [0.15, 0.2) is 9.84 Å². The van der Waals surface area contributed by atoms with Crippen molar-refractivity contribution < 1.29 is 31.1 Å². The molecule has 3 N–H and O–H groups in total. The SMILES string of the molecule is C=S(C)C(C)(CC)C1CC(N)CC(c2ccncc2NC(=O)c2ccc(F)c(-c3c(F)cc(S(C)(=O)=O)cc3F)n2)O1. The Morgan fingerprint density at radius 1 is 1.19 bits per heavy atom. The fraction of sp³-hybridized carbons (Fsp3) is 0.379. The first-order chi connectivity index (χ1) is 19.6. The molecule has 226 valence electrons. The van der Waals surface area contributed by atoms with Crippen LogP contribution in [0.5, 0.6) is 0 Å². The number of halogens is 3. The Morgan fingerprint density at radius 3 is 2.45 bits per heavy atom. The van der Waals surface area contributed by atoms with Gasteiger partial charge in [-0.3, -0.25) is 9.78 Å². The van der Waals surface area contributed by atoms with Crippen molar-refractivity contribution in [1.82, 2.24) is 9.97 Å². The molecular weight excluding hydrogens is 589 g/mol. The van der Waals surface area contributed by atoms with E-state index in [-0.39, 0.29) is 33.1 Å². The Morgan fingerprint density at radius 2 is 1.86 bits per heavy atom. The average Bonchev–Trinajstić information content (AvgIpc) is 2.92. The number of ether oxygens (including phenoxy) is 1. The standard InChI is InChI=1S/C29H33F3N4O4S2/c1-6-29(2,41(3)4)25-12-16(33)11-24(40-25)18-9-10-34-15-23(18)36-28(37)22-8-7-19(30)27(35-22)26-20(31)13-17(14-21(26)32)42(5,38)39/h7-10,13-16,24-25H,3,6,11-12,33H2,1-2,4-5H3,(H,36,37). The lowest BCUT2D eigenvalue weighted by molar-refractivity contribution is -0.0740. The summed E-state index contributed by atoms with van der Waals surface area (Å²) in [5.41, 5.74) is 5.38. The minimum Gasteiger partial charge on any atom is -0.369 e. The van der Waals surface area contributed by atoms with Crippen LogP contribution in [0.2, 0.25) is 0 Å². The van der Waals surface area contributed by atoms with Crippen molar-refractivity contribution >= 4 is 37.8 Å². The lowest BCUT2D eigenvalue weighted by Crippen LogP contribution is -2.47. The van der Waals surface area contributed by atoms with E-state index in [2.05, 4.69) is 41.3 Å². The summed E-state index contributed by atoms with van der Waals surface area (Å²) >= 11 is 0. The molecule has 0 spiro atoms. The third-order valence-electron chi connectivity index (χ3n) is 7.75. The molecule has 3 heterocycles. The fourth-order valence-corrected chi connectivity index (χ4v) is 6.69. The van der Waals surface area contributed by atoms with Crippen molar-refractivity contribution in [3.8, 4) is 11.3 Å². The van der Waals surface area contributed by atoms with Crippen LogP contribution in [0.4, 0.5) is 18.9 Å². The first-order valence-electron chi connectivity index (χ1n) is 13.1. The van der Waals surface area contributed by atoms with E-state index >= 15 is 0 Å². The molecule has 0 aliphatic carbocycles. The van der Waals surface area contributed by atoms with Crippen molar-refractivity contribution in [3.05, 3.63) is 71.4 Å². The average molecular weight is 623 g/mol. The number of benzene rings is 1. The smallest absolute Gasteiger partial charge is 0.274 e. The fourth-order valence-electron chi connectivity index (χ4n) is 4.96. The zero-order valence-electron chi connectivity index (χ0n) is 23.7. The second-order valence-corrected chi connectivity index (χ2v) is 14.8. The summed E-state index contributed by atoms with van der Waals surface area (Å²) in [5.74, 6) is -0.314. The number of aromatic nitrogens is 2. The number of nitrogens with one attached hydrogen (secondary N) is 1. The maximum atomic E-state index is 14.8. The van der Waals surface area contributed by atoms with Crippen LogP contribution in [0.1, 0.15) is 55.3 Å². The topological polar surface area (TPSA) is 124 Å². The van der Waals surface area contributed by atoms with E-state index in [9.17, 15) is 26.4 Å². The quantitative estimate of drug-likeness (QED) is 0.328. The van der Waals surface area contributed by atoms with Crippen molar-refractivity contribution in [1.29, 1.82) is 0 Å². The monoisotopic (exact) mass is 622 g/mol.